The van der Waals surface area contributed by atoms with E-state index in [1.54, 1.807) is 19.1 Å². The predicted octanol–water partition coefficient (Wildman–Crippen LogP) is 1.50. The minimum absolute atomic E-state index is 0.309. The summed E-state index contributed by atoms with van der Waals surface area (Å²) in [4.78, 5) is 23.7. The summed E-state index contributed by atoms with van der Waals surface area (Å²) >= 11 is 0. The van der Waals surface area contributed by atoms with Crippen LogP contribution in [0.4, 0.5) is 0 Å². The van der Waals surface area contributed by atoms with Crippen molar-refractivity contribution in [2.24, 2.45) is 11.7 Å². The minimum atomic E-state index is -1.14. The molecule has 1 saturated carbocycles. The van der Waals surface area contributed by atoms with Gasteiger partial charge in [-0.1, -0.05) is 6.42 Å². The van der Waals surface area contributed by atoms with E-state index in [9.17, 15) is 9.59 Å². The second kappa shape index (κ2) is 7.14. The average molecular weight is 346 g/mol. The van der Waals surface area contributed by atoms with Crippen LogP contribution in [0.2, 0.25) is 0 Å². The van der Waals surface area contributed by atoms with Gasteiger partial charge >= 0.3 is 0 Å². The van der Waals surface area contributed by atoms with E-state index in [-0.39, 0.29) is 0 Å². The van der Waals surface area contributed by atoms with E-state index in [0.29, 0.717) is 40.6 Å². The summed E-state index contributed by atoms with van der Waals surface area (Å²) in [6.07, 6.45) is 3.64. The zero-order chi connectivity index (χ0) is 18.0. The van der Waals surface area contributed by atoms with Crippen molar-refractivity contribution in [3.63, 3.8) is 0 Å². The van der Waals surface area contributed by atoms with Crippen molar-refractivity contribution in [1.82, 2.24) is 5.32 Å². The SMILES string of the molecule is Cc1oc2ccc(OCC3CCC3)cc2c1C(=O)N[C@@H](CO)C(N)=O. The van der Waals surface area contributed by atoms with Crippen molar-refractivity contribution in [3.8, 4) is 5.75 Å². The van der Waals surface area contributed by atoms with Gasteiger partial charge in [-0.3, -0.25) is 9.59 Å². The number of benzene rings is 1. The van der Waals surface area contributed by atoms with Gasteiger partial charge < -0.3 is 25.3 Å². The lowest BCUT2D eigenvalue weighted by atomic mass is 9.86. The van der Waals surface area contributed by atoms with Crippen LogP contribution in [0.15, 0.2) is 22.6 Å². The quantitative estimate of drug-likeness (QED) is 0.703. The molecule has 1 aromatic heterocycles. The van der Waals surface area contributed by atoms with Gasteiger partial charge in [0, 0.05) is 5.39 Å². The molecular formula is C18H22N2O5. The van der Waals surface area contributed by atoms with Crippen LogP contribution in [0.25, 0.3) is 11.0 Å². The summed E-state index contributed by atoms with van der Waals surface area (Å²) in [5.41, 5.74) is 6.02. The Morgan fingerprint density at radius 2 is 2.20 bits per heavy atom. The maximum Gasteiger partial charge on any atom is 0.256 e. The second-order valence-corrected chi connectivity index (χ2v) is 6.41. The molecule has 7 heteroatoms. The van der Waals surface area contributed by atoms with Crippen molar-refractivity contribution in [2.45, 2.75) is 32.2 Å². The highest BCUT2D eigenvalue weighted by atomic mass is 16.5. The first-order valence-corrected chi connectivity index (χ1v) is 8.36. The monoisotopic (exact) mass is 346 g/mol. The van der Waals surface area contributed by atoms with Crippen LogP contribution < -0.4 is 15.8 Å². The number of amides is 2. The fraction of sp³-hybridized carbons (Fsp3) is 0.444. The second-order valence-electron chi connectivity index (χ2n) is 6.41. The molecule has 2 amide bonds. The maximum atomic E-state index is 12.5. The van der Waals surface area contributed by atoms with Gasteiger partial charge in [-0.15, -0.1) is 0 Å². The summed E-state index contributed by atoms with van der Waals surface area (Å²) < 4.78 is 11.4. The number of aryl methyl sites for hydroxylation is 1. The largest absolute Gasteiger partial charge is 0.493 e. The molecule has 1 aliphatic carbocycles. The Morgan fingerprint density at radius 3 is 2.80 bits per heavy atom. The molecule has 7 nitrogen and oxygen atoms in total. The number of primary amides is 1. The van der Waals surface area contributed by atoms with Crippen LogP contribution in [0, 0.1) is 12.8 Å². The maximum absolute atomic E-state index is 12.5. The van der Waals surface area contributed by atoms with Crippen LogP contribution in [0.5, 0.6) is 5.75 Å². The van der Waals surface area contributed by atoms with Crippen molar-refractivity contribution in [2.75, 3.05) is 13.2 Å². The zero-order valence-electron chi connectivity index (χ0n) is 14.1. The summed E-state index contributed by atoms with van der Waals surface area (Å²) in [5, 5.41) is 12.2. The smallest absolute Gasteiger partial charge is 0.256 e. The van der Waals surface area contributed by atoms with Crippen LogP contribution >= 0.6 is 0 Å². The Labute approximate surface area is 145 Å². The van der Waals surface area contributed by atoms with Crippen LogP contribution in [0.1, 0.15) is 35.4 Å². The number of carbonyl (C=O) groups excluding carboxylic acids is 2. The number of aliphatic hydroxyl groups excluding tert-OH is 1. The minimum Gasteiger partial charge on any atom is -0.493 e. The molecule has 1 atom stereocenters. The number of furan rings is 1. The first-order valence-electron chi connectivity index (χ1n) is 8.36. The number of hydrogen-bond acceptors (Lipinski definition) is 5. The number of nitrogens with two attached hydrogens (primary N) is 1. The highest BCUT2D eigenvalue weighted by Crippen LogP contribution is 2.31. The normalized spacial score (nSPS) is 15.6. The van der Waals surface area contributed by atoms with Gasteiger partial charge in [-0.05, 0) is 43.9 Å². The standard InChI is InChI=1S/C18H22N2O5/c1-10-16(18(23)20-14(8-21)17(19)22)13-7-12(5-6-15(13)25-10)24-9-11-3-2-4-11/h5-7,11,14,21H,2-4,8-9H2,1H3,(H2,19,22)(H,20,23)/t14-/m0/s1. The number of rotatable bonds is 7. The molecule has 3 rings (SSSR count). The molecule has 0 saturated heterocycles. The molecule has 2 aromatic rings. The molecule has 4 N–H and O–H groups in total. The Balaban J connectivity index is 1.84. The average Bonchev–Trinajstić information content (AvgIpc) is 2.85. The Kier molecular flexibility index (Phi) is 4.94. The fourth-order valence-electron chi connectivity index (χ4n) is 2.88. The van der Waals surface area contributed by atoms with Crippen LogP contribution in [-0.4, -0.2) is 36.2 Å². The molecule has 1 fully saturated rings. The third-order valence-electron chi connectivity index (χ3n) is 4.60. The van der Waals surface area contributed by atoms with E-state index >= 15 is 0 Å². The van der Waals surface area contributed by atoms with E-state index < -0.39 is 24.5 Å². The lowest BCUT2D eigenvalue weighted by molar-refractivity contribution is -0.120. The molecule has 0 radical (unpaired) electrons. The summed E-state index contributed by atoms with van der Waals surface area (Å²) in [6, 6.07) is 4.19. The van der Waals surface area contributed by atoms with Gasteiger partial charge in [0.05, 0.1) is 18.8 Å². The van der Waals surface area contributed by atoms with Gasteiger partial charge in [-0.25, -0.2) is 0 Å². The van der Waals surface area contributed by atoms with E-state index in [2.05, 4.69) is 5.32 Å². The Hall–Kier alpha value is -2.54. The number of ether oxygens (including phenoxy) is 1. The predicted molar refractivity (Wildman–Crippen MR) is 91.3 cm³/mol. The highest BCUT2D eigenvalue weighted by Gasteiger charge is 2.24. The number of nitrogens with one attached hydrogen (secondary N) is 1. The third-order valence-corrected chi connectivity index (χ3v) is 4.60. The molecule has 25 heavy (non-hydrogen) atoms. The molecule has 0 bridgehead atoms. The van der Waals surface area contributed by atoms with Crippen molar-refractivity contribution in [1.29, 1.82) is 0 Å². The van der Waals surface area contributed by atoms with Gasteiger partial charge in [0.2, 0.25) is 5.91 Å². The Bertz CT molecular complexity index is 794. The lowest BCUT2D eigenvalue weighted by Crippen LogP contribution is -2.46. The lowest BCUT2D eigenvalue weighted by Gasteiger charge is -2.25. The van der Waals surface area contributed by atoms with Gasteiger partial charge in [-0.2, -0.15) is 0 Å². The molecule has 1 aromatic carbocycles. The van der Waals surface area contributed by atoms with E-state index in [0.717, 1.165) is 0 Å². The molecule has 134 valence electrons. The summed E-state index contributed by atoms with van der Waals surface area (Å²) in [6.45, 7) is 1.77. The molecular weight excluding hydrogens is 324 g/mol. The molecule has 0 unspecified atom stereocenters. The summed E-state index contributed by atoms with van der Waals surface area (Å²) in [5.74, 6) is 0.370. The van der Waals surface area contributed by atoms with Crippen molar-refractivity contribution >= 4 is 22.8 Å². The van der Waals surface area contributed by atoms with Gasteiger partial charge in [0.1, 0.15) is 23.1 Å². The number of hydrogen-bond donors (Lipinski definition) is 3. The first-order chi connectivity index (χ1) is 12.0. The molecule has 0 spiro atoms. The Morgan fingerprint density at radius 1 is 1.44 bits per heavy atom. The van der Waals surface area contributed by atoms with E-state index in [1.807, 2.05) is 6.07 Å². The summed E-state index contributed by atoms with van der Waals surface area (Å²) in [7, 11) is 0. The number of fused-ring (bicyclic) bond motifs is 1. The third kappa shape index (κ3) is 3.61. The van der Waals surface area contributed by atoms with E-state index in [1.165, 1.54) is 19.3 Å². The van der Waals surface area contributed by atoms with Crippen LogP contribution in [-0.2, 0) is 4.79 Å². The molecule has 1 aliphatic rings. The van der Waals surface area contributed by atoms with Gasteiger partial charge in [0.25, 0.3) is 5.91 Å². The van der Waals surface area contributed by atoms with Gasteiger partial charge in [0.15, 0.2) is 0 Å². The topological polar surface area (TPSA) is 115 Å². The zero-order valence-corrected chi connectivity index (χ0v) is 14.1. The fourth-order valence-corrected chi connectivity index (χ4v) is 2.88. The van der Waals surface area contributed by atoms with E-state index in [4.69, 9.17) is 20.0 Å². The van der Waals surface area contributed by atoms with Crippen molar-refractivity contribution in [3.05, 3.63) is 29.5 Å². The highest BCUT2D eigenvalue weighted by molar-refractivity contribution is 6.08. The number of carbonyl (C=O) groups is 2. The molecule has 0 aliphatic heterocycles. The molecule has 1 heterocycles. The first kappa shape index (κ1) is 17.3. The number of aliphatic hydroxyl groups is 1. The van der Waals surface area contributed by atoms with Crippen LogP contribution in [0.3, 0.4) is 0 Å². The van der Waals surface area contributed by atoms with Crippen molar-refractivity contribution < 1.29 is 23.8 Å².